The van der Waals surface area contributed by atoms with Gasteiger partial charge in [0.25, 0.3) is 5.69 Å². The molecule has 2 heterocycles. The number of anilines is 1. The minimum atomic E-state index is -4.51. The molecule has 2 aromatic rings. The molecule has 150 valence electrons. The number of nitro groups is 1. The highest BCUT2D eigenvalue weighted by Gasteiger charge is 2.34. The summed E-state index contributed by atoms with van der Waals surface area (Å²) >= 11 is 0. The SMILES string of the molecule is CN(c1nccc(C(F)(F)F)n1)C1CCCN(Cc2ccc([N+](=O)[O-])cc2)C1. The molecule has 28 heavy (non-hydrogen) atoms. The van der Waals surface area contributed by atoms with Crippen LogP contribution in [0.15, 0.2) is 36.5 Å². The van der Waals surface area contributed by atoms with E-state index in [4.69, 9.17) is 0 Å². The van der Waals surface area contributed by atoms with Crippen LogP contribution in [0.25, 0.3) is 0 Å². The molecule has 0 N–H and O–H groups in total. The topological polar surface area (TPSA) is 75.4 Å². The van der Waals surface area contributed by atoms with E-state index in [1.165, 1.54) is 12.1 Å². The third-order valence-electron chi connectivity index (χ3n) is 4.83. The lowest BCUT2D eigenvalue weighted by atomic mass is 10.0. The van der Waals surface area contributed by atoms with E-state index in [2.05, 4.69) is 14.9 Å². The second-order valence-electron chi connectivity index (χ2n) is 6.81. The van der Waals surface area contributed by atoms with Crippen LogP contribution in [0.1, 0.15) is 24.1 Å². The van der Waals surface area contributed by atoms with Crippen LogP contribution in [0.3, 0.4) is 0 Å². The molecule has 10 heteroatoms. The fourth-order valence-electron chi connectivity index (χ4n) is 3.31. The van der Waals surface area contributed by atoms with Crippen LogP contribution in [-0.2, 0) is 12.7 Å². The number of alkyl halides is 3. The Balaban J connectivity index is 1.66. The summed E-state index contributed by atoms with van der Waals surface area (Å²) < 4.78 is 38.7. The molecule has 1 fully saturated rings. The predicted molar refractivity (Wildman–Crippen MR) is 96.8 cm³/mol. The Hall–Kier alpha value is -2.75. The van der Waals surface area contributed by atoms with Gasteiger partial charge in [0.2, 0.25) is 5.95 Å². The van der Waals surface area contributed by atoms with E-state index in [-0.39, 0.29) is 17.7 Å². The number of piperidine rings is 1. The number of non-ortho nitro benzene ring substituents is 1. The lowest BCUT2D eigenvalue weighted by Gasteiger charge is -2.37. The maximum atomic E-state index is 12.9. The van der Waals surface area contributed by atoms with Gasteiger partial charge < -0.3 is 4.90 Å². The van der Waals surface area contributed by atoms with Crippen LogP contribution in [0.4, 0.5) is 24.8 Å². The number of nitro benzene ring substituents is 1. The van der Waals surface area contributed by atoms with Crippen molar-refractivity contribution in [2.24, 2.45) is 0 Å². The molecule has 1 aliphatic heterocycles. The third-order valence-corrected chi connectivity index (χ3v) is 4.83. The first-order valence-electron chi connectivity index (χ1n) is 8.83. The predicted octanol–water partition coefficient (Wildman–Crippen LogP) is 3.50. The van der Waals surface area contributed by atoms with Gasteiger partial charge in [0, 0.05) is 44.5 Å². The largest absolute Gasteiger partial charge is 0.433 e. The van der Waals surface area contributed by atoms with E-state index in [9.17, 15) is 23.3 Å². The average molecular weight is 395 g/mol. The first-order valence-corrected chi connectivity index (χ1v) is 8.83. The van der Waals surface area contributed by atoms with Gasteiger partial charge >= 0.3 is 6.18 Å². The monoisotopic (exact) mass is 395 g/mol. The van der Waals surface area contributed by atoms with Gasteiger partial charge in [-0.25, -0.2) is 9.97 Å². The van der Waals surface area contributed by atoms with Gasteiger partial charge in [-0.15, -0.1) is 0 Å². The van der Waals surface area contributed by atoms with Gasteiger partial charge in [-0.05, 0) is 31.0 Å². The number of benzene rings is 1. The van der Waals surface area contributed by atoms with Crippen LogP contribution in [0.2, 0.25) is 0 Å². The molecular formula is C18H20F3N5O2. The van der Waals surface area contributed by atoms with Gasteiger partial charge in [-0.3, -0.25) is 15.0 Å². The van der Waals surface area contributed by atoms with Crippen molar-refractivity contribution in [3.8, 4) is 0 Å². The van der Waals surface area contributed by atoms with Gasteiger partial charge in [-0.2, -0.15) is 13.2 Å². The van der Waals surface area contributed by atoms with E-state index in [0.717, 1.165) is 37.2 Å². The van der Waals surface area contributed by atoms with Crippen molar-refractivity contribution >= 4 is 11.6 Å². The Labute approximate surface area is 160 Å². The number of hydrogen-bond donors (Lipinski definition) is 0. The summed E-state index contributed by atoms with van der Waals surface area (Å²) in [7, 11) is 1.70. The second-order valence-corrected chi connectivity index (χ2v) is 6.81. The molecule has 1 aromatic carbocycles. The fourth-order valence-corrected chi connectivity index (χ4v) is 3.31. The molecule has 7 nitrogen and oxygen atoms in total. The normalized spacial score (nSPS) is 18.1. The Kier molecular flexibility index (Phi) is 5.78. The van der Waals surface area contributed by atoms with Crippen molar-refractivity contribution in [2.45, 2.75) is 31.6 Å². The van der Waals surface area contributed by atoms with Crippen LogP contribution in [0, 0.1) is 10.1 Å². The number of hydrogen-bond acceptors (Lipinski definition) is 6. The highest BCUT2D eigenvalue weighted by molar-refractivity contribution is 5.33. The second kappa shape index (κ2) is 8.09. The summed E-state index contributed by atoms with van der Waals surface area (Å²) in [6, 6.07) is 7.23. The first-order chi connectivity index (χ1) is 13.2. The van der Waals surface area contributed by atoms with Crippen molar-refractivity contribution in [3.05, 3.63) is 57.9 Å². The molecule has 1 aromatic heterocycles. The van der Waals surface area contributed by atoms with Crippen LogP contribution in [0.5, 0.6) is 0 Å². The Morgan fingerprint density at radius 3 is 2.64 bits per heavy atom. The summed E-state index contributed by atoms with van der Waals surface area (Å²) in [5.74, 6) is 0.0528. The number of likely N-dealkylation sites (tertiary alicyclic amines) is 1. The number of likely N-dealkylation sites (N-methyl/N-ethyl adjacent to an activating group) is 1. The summed E-state index contributed by atoms with van der Waals surface area (Å²) in [6.07, 6.45) is -1.67. The molecule has 0 spiro atoms. The quantitative estimate of drug-likeness (QED) is 0.570. The molecule has 0 amide bonds. The first kappa shape index (κ1) is 20.0. The minimum absolute atomic E-state index is 0.0183. The summed E-state index contributed by atoms with van der Waals surface area (Å²) in [6.45, 7) is 2.11. The van der Waals surface area contributed by atoms with Gasteiger partial charge in [0.05, 0.1) is 4.92 Å². The zero-order chi connectivity index (χ0) is 20.3. The third kappa shape index (κ3) is 4.75. The van der Waals surface area contributed by atoms with Crippen LogP contribution >= 0.6 is 0 Å². The number of aromatic nitrogens is 2. The standard InChI is InChI=1S/C18H20F3N5O2/c1-24(17-22-9-8-16(23-17)18(19,20)21)15-3-2-10-25(12-15)11-13-4-6-14(7-5-13)26(27)28/h4-9,15H,2-3,10-12H2,1H3. The average Bonchev–Trinajstić information content (AvgIpc) is 2.67. The Morgan fingerprint density at radius 1 is 1.29 bits per heavy atom. The van der Waals surface area contributed by atoms with E-state index < -0.39 is 16.8 Å². The zero-order valence-electron chi connectivity index (χ0n) is 15.3. The zero-order valence-corrected chi connectivity index (χ0v) is 15.3. The van der Waals surface area contributed by atoms with E-state index in [1.807, 2.05) is 0 Å². The van der Waals surface area contributed by atoms with E-state index in [0.29, 0.717) is 13.1 Å². The van der Waals surface area contributed by atoms with Crippen LogP contribution in [-0.4, -0.2) is 46.0 Å². The number of rotatable bonds is 5. The van der Waals surface area contributed by atoms with E-state index in [1.54, 1.807) is 24.1 Å². The Morgan fingerprint density at radius 2 is 2.00 bits per heavy atom. The van der Waals surface area contributed by atoms with E-state index >= 15 is 0 Å². The molecular weight excluding hydrogens is 375 g/mol. The lowest BCUT2D eigenvalue weighted by Crippen LogP contribution is -2.46. The maximum absolute atomic E-state index is 12.9. The highest BCUT2D eigenvalue weighted by Crippen LogP contribution is 2.29. The molecule has 1 unspecified atom stereocenters. The molecule has 0 radical (unpaired) electrons. The molecule has 3 rings (SSSR count). The molecule has 0 aliphatic carbocycles. The lowest BCUT2D eigenvalue weighted by molar-refractivity contribution is -0.384. The van der Waals surface area contributed by atoms with Crippen molar-refractivity contribution in [3.63, 3.8) is 0 Å². The van der Waals surface area contributed by atoms with Crippen molar-refractivity contribution < 1.29 is 18.1 Å². The molecule has 1 atom stereocenters. The molecule has 0 saturated carbocycles. The van der Waals surface area contributed by atoms with Gasteiger partial charge in [0.15, 0.2) is 0 Å². The van der Waals surface area contributed by atoms with Crippen molar-refractivity contribution in [2.75, 3.05) is 25.0 Å². The van der Waals surface area contributed by atoms with Crippen LogP contribution < -0.4 is 4.90 Å². The number of halogens is 3. The summed E-state index contributed by atoms with van der Waals surface area (Å²) in [4.78, 5) is 21.8. The summed E-state index contributed by atoms with van der Waals surface area (Å²) in [5.41, 5.74) is 0.0359. The van der Waals surface area contributed by atoms with Gasteiger partial charge in [0.1, 0.15) is 5.69 Å². The minimum Gasteiger partial charge on any atom is -0.340 e. The highest BCUT2D eigenvalue weighted by atomic mass is 19.4. The van der Waals surface area contributed by atoms with Crippen molar-refractivity contribution in [1.29, 1.82) is 0 Å². The molecule has 1 aliphatic rings. The summed E-state index contributed by atoms with van der Waals surface area (Å²) in [5, 5.41) is 10.7. The molecule has 1 saturated heterocycles. The molecule has 0 bridgehead atoms. The smallest absolute Gasteiger partial charge is 0.340 e. The van der Waals surface area contributed by atoms with Gasteiger partial charge in [-0.1, -0.05) is 12.1 Å². The Bertz CT molecular complexity index is 829. The number of nitrogens with zero attached hydrogens (tertiary/aromatic N) is 5. The maximum Gasteiger partial charge on any atom is 0.433 e. The van der Waals surface area contributed by atoms with Crippen molar-refractivity contribution in [1.82, 2.24) is 14.9 Å². The fraction of sp³-hybridized carbons (Fsp3) is 0.444.